The van der Waals surface area contributed by atoms with Gasteiger partial charge in [-0.1, -0.05) is 54.9 Å². The highest BCUT2D eigenvalue weighted by atomic mass is 35.5. The average Bonchev–Trinajstić information content (AvgIpc) is 3.24. The molecule has 2 aromatic heterocycles. The molecule has 4 aromatic rings. The van der Waals surface area contributed by atoms with Crippen molar-refractivity contribution in [2.24, 2.45) is 0 Å². The summed E-state index contributed by atoms with van der Waals surface area (Å²) in [5.41, 5.74) is 4.45. The zero-order valence-corrected chi connectivity index (χ0v) is 20.4. The normalized spacial score (nSPS) is 11.3. The van der Waals surface area contributed by atoms with Crippen LogP contribution in [-0.4, -0.2) is 25.3 Å². The van der Waals surface area contributed by atoms with Crippen molar-refractivity contribution in [3.05, 3.63) is 91.4 Å². The first-order valence-electron chi connectivity index (χ1n) is 10.3. The zero-order chi connectivity index (χ0) is 23.5. The van der Waals surface area contributed by atoms with Crippen LogP contribution in [0, 0.1) is 0 Å². The molecule has 33 heavy (non-hydrogen) atoms. The number of phenolic OH excluding ortho intramolecular Hbond substituents is 1. The van der Waals surface area contributed by atoms with Crippen LogP contribution in [0.1, 0.15) is 42.3 Å². The monoisotopic (exact) mass is 500 g/mol. The summed E-state index contributed by atoms with van der Waals surface area (Å²) in [5.74, 6) is 0.747. The number of phenols is 1. The van der Waals surface area contributed by atoms with Gasteiger partial charge < -0.3 is 10.1 Å². The lowest BCUT2D eigenvalue weighted by Gasteiger charge is -2.14. The molecular weight excluding hydrogens is 479 g/mol. The number of benzene rings is 2. The van der Waals surface area contributed by atoms with E-state index in [-0.39, 0.29) is 17.2 Å². The van der Waals surface area contributed by atoms with Gasteiger partial charge in [-0.25, -0.2) is 4.98 Å². The van der Waals surface area contributed by atoms with E-state index in [1.54, 1.807) is 42.5 Å². The molecule has 9 heteroatoms. The third kappa shape index (κ3) is 5.43. The third-order valence-electron chi connectivity index (χ3n) is 5.15. The van der Waals surface area contributed by atoms with Gasteiger partial charge in [-0.3, -0.25) is 9.89 Å². The van der Waals surface area contributed by atoms with Gasteiger partial charge in [0.25, 0.3) is 5.56 Å². The van der Waals surface area contributed by atoms with Gasteiger partial charge in [0, 0.05) is 39.0 Å². The Morgan fingerprint density at radius 3 is 2.45 bits per heavy atom. The van der Waals surface area contributed by atoms with Crippen molar-refractivity contribution in [3.63, 3.8) is 0 Å². The topological polar surface area (TPSA) is 94.7 Å². The standard InChI is InChI=1S/C24H22Cl2N4O2S/c1-13(2)22-21(11-17-18(25)4-3-5-19(17)26)27-24(28-23(22)32)33-12-15-10-20(30-29-15)14-6-8-16(31)9-7-14/h3-10,13,31H,11-12H2,1-2H3,(H,29,30)(H,27,28,32). The molecule has 0 atom stereocenters. The number of hydrogen-bond acceptors (Lipinski definition) is 5. The van der Waals surface area contributed by atoms with Crippen LogP contribution in [-0.2, 0) is 12.2 Å². The van der Waals surface area contributed by atoms with Crippen LogP contribution < -0.4 is 5.56 Å². The molecule has 0 amide bonds. The third-order valence-corrected chi connectivity index (χ3v) is 6.78. The highest BCUT2D eigenvalue weighted by Gasteiger charge is 2.18. The number of halogens is 2. The first-order valence-corrected chi connectivity index (χ1v) is 12.1. The van der Waals surface area contributed by atoms with Crippen LogP contribution in [0.4, 0.5) is 0 Å². The summed E-state index contributed by atoms with van der Waals surface area (Å²) in [4.78, 5) is 20.5. The summed E-state index contributed by atoms with van der Waals surface area (Å²) in [6.45, 7) is 3.93. The van der Waals surface area contributed by atoms with Crippen molar-refractivity contribution >= 4 is 35.0 Å². The van der Waals surface area contributed by atoms with E-state index in [1.165, 1.54) is 11.8 Å². The quantitative estimate of drug-likeness (QED) is 0.208. The summed E-state index contributed by atoms with van der Waals surface area (Å²) in [6, 6.07) is 14.1. The number of H-pyrrole nitrogens is 2. The van der Waals surface area contributed by atoms with Gasteiger partial charge in [-0.15, -0.1) is 0 Å². The van der Waals surface area contributed by atoms with Crippen molar-refractivity contribution in [1.29, 1.82) is 0 Å². The maximum absolute atomic E-state index is 12.9. The van der Waals surface area contributed by atoms with E-state index in [0.29, 0.717) is 38.6 Å². The first-order chi connectivity index (χ1) is 15.8. The molecule has 0 radical (unpaired) electrons. The smallest absolute Gasteiger partial charge is 0.255 e. The molecule has 0 aliphatic rings. The van der Waals surface area contributed by atoms with Gasteiger partial charge in [-0.2, -0.15) is 5.10 Å². The summed E-state index contributed by atoms with van der Waals surface area (Å²) < 4.78 is 0. The summed E-state index contributed by atoms with van der Waals surface area (Å²) in [6.07, 6.45) is 0.374. The fourth-order valence-corrected chi connectivity index (χ4v) is 4.85. The van der Waals surface area contributed by atoms with E-state index in [0.717, 1.165) is 22.5 Å². The molecule has 0 saturated carbocycles. The fourth-order valence-electron chi connectivity index (χ4n) is 3.54. The highest BCUT2D eigenvalue weighted by molar-refractivity contribution is 7.98. The molecule has 0 saturated heterocycles. The molecular formula is C24H22Cl2N4O2S. The van der Waals surface area contributed by atoms with Crippen molar-refractivity contribution in [2.75, 3.05) is 0 Å². The zero-order valence-electron chi connectivity index (χ0n) is 18.0. The molecule has 0 bridgehead atoms. The Balaban J connectivity index is 1.57. The summed E-state index contributed by atoms with van der Waals surface area (Å²) in [7, 11) is 0. The Labute approximate surface area is 205 Å². The minimum atomic E-state index is -0.157. The fraction of sp³-hybridized carbons (Fsp3) is 0.208. The Morgan fingerprint density at radius 2 is 1.79 bits per heavy atom. The minimum absolute atomic E-state index is 0.00274. The molecule has 0 aliphatic heterocycles. The molecule has 170 valence electrons. The van der Waals surface area contributed by atoms with E-state index in [4.69, 9.17) is 28.2 Å². The number of aromatic amines is 2. The number of nitrogens with zero attached hydrogens (tertiary/aromatic N) is 2. The van der Waals surface area contributed by atoms with E-state index in [2.05, 4.69) is 15.2 Å². The van der Waals surface area contributed by atoms with E-state index < -0.39 is 0 Å². The van der Waals surface area contributed by atoms with Crippen LogP contribution in [0.3, 0.4) is 0 Å². The molecule has 6 nitrogen and oxygen atoms in total. The van der Waals surface area contributed by atoms with Gasteiger partial charge >= 0.3 is 0 Å². The number of nitrogens with one attached hydrogen (secondary N) is 2. The van der Waals surface area contributed by atoms with Crippen LogP contribution in [0.5, 0.6) is 5.75 Å². The number of rotatable bonds is 7. The Bertz CT molecular complexity index is 1310. The van der Waals surface area contributed by atoms with Crippen LogP contribution in [0.2, 0.25) is 10.0 Å². The van der Waals surface area contributed by atoms with Gasteiger partial charge in [-0.05, 0) is 53.9 Å². The second-order valence-corrected chi connectivity index (χ2v) is 9.66. The maximum atomic E-state index is 12.9. The number of aromatic hydroxyl groups is 1. The van der Waals surface area contributed by atoms with Crippen molar-refractivity contribution < 1.29 is 5.11 Å². The second-order valence-electron chi connectivity index (χ2n) is 7.88. The Kier molecular flexibility index (Phi) is 7.12. The van der Waals surface area contributed by atoms with Crippen molar-refractivity contribution in [2.45, 2.75) is 37.1 Å². The Hall–Kier alpha value is -2.74. The van der Waals surface area contributed by atoms with Crippen LogP contribution >= 0.6 is 35.0 Å². The lowest BCUT2D eigenvalue weighted by Crippen LogP contribution is -2.20. The molecule has 0 spiro atoms. The molecule has 0 fully saturated rings. The molecule has 3 N–H and O–H groups in total. The number of aromatic nitrogens is 4. The summed E-state index contributed by atoms with van der Waals surface area (Å²) in [5, 5.41) is 18.4. The molecule has 0 aliphatic carbocycles. The van der Waals surface area contributed by atoms with Crippen molar-refractivity contribution in [1.82, 2.24) is 20.2 Å². The van der Waals surface area contributed by atoms with Crippen LogP contribution in [0.25, 0.3) is 11.3 Å². The largest absolute Gasteiger partial charge is 0.508 e. The van der Waals surface area contributed by atoms with Gasteiger partial charge in [0.15, 0.2) is 5.16 Å². The van der Waals surface area contributed by atoms with Gasteiger partial charge in [0.05, 0.1) is 11.4 Å². The maximum Gasteiger partial charge on any atom is 0.255 e. The van der Waals surface area contributed by atoms with E-state index in [1.807, 2.05) is 19.9 Å². The highest BCUT2D eigenvalue weighted by Crippen LogP contribution is 2.29. The lowest BCUT2D eigenvalue weighted by molar-refractivity contribution is 0.475. The summed E-state index contributed by atoms with van der Waals surface area (Å²) >= 11 is 14.1. The molecule has 0 unspecified atom stereocenters. The predicted octanol–water partition coefficient (Wildman–Crippen LogP) is 6.18. The van der Waals surface area contributed by atoms with Gasteiger partial charge in [0.2, 0.25) is 0 Å². The second kappa shape index (κ2) is 10.0. The van der Waals surface area contributed by atoms with Crippen molar-refractivity contribution in [3.8, 4) is 17.0 Å². The van der Waals surface area contributed by atoms with Crippen LogP contribution in [0.15, 0.2) is 58.5 Å². The SMILES string of the molecule is CC(C)c1c(Cc2c(Cl)cccc2Cl)nc(SCc2cc(-c3ccc(O)cc3)n[nH]2)[nH]c1=O. The van der Waals surface area contributed by atoms with E-state index >= 15 is 0 Å². The van der Waals surface area contributed by atoms with Gasteiger partial charge in [0.1, 0.15) is 5.75 Å². The first kappa shape index (κ1) is 23.4. The predicted molar refractivity (Wildman–Crippen MR) is 133 cm³/mol. The van der Waals surface area contributed by atoms with E-state index in [9.17, 15) is 9.90 Å². The average molecular weight is 501 g/mol. The number of thioether (sulfide) groups is 1. The lowest BCUT2D eigenvalue weighted by atomic mass is 9.98. The number of hydrogen-bond donors (Lipinski definition) is 3. The minimum Gasteiger partial charge on any atom is -0.508 e. The molecule has 2 heterocycles. The molecule has 4 rings (SSSR count). The Morgan fingerprint density at radius 1 is 1.09 bits per heavy atom. The molecule has 2 aromatic carbocycles.